The fourth-order valence-electron chi connectivity index (χ4n) is 1.87. The molecule has 1 aromatic heterocycles. The third-order valence-electron chi connectivity index (χ3n) is 3.74. The van der Waals surface area contributed by atoms with Gasteiger partial charge in [-0.3, -0.25) is 4.79 Å². The summed E-state index contributed by atoms with van der Waals surface area (Å²) < 4.78 is 16.1. The predicted octanol–water partition coefficient (Wildman–Crippen LogP) is 3.84. The van der Waals surface area contributed by atoms with Crippen LogP contribution in [-0.4, -0.2) is 19.7 Å². The second kappa shape index (κ2) is 6.34. The van der Waals surface area contributed by atoms with Crippen LogP contribution < -0.4 is 5.56 Å². The minimum absolute atomic E-state index is 0.248. The minimum atomic E-state index is -1.40. The van der Waals surface area contributed by atoms with Gasteiger partial charge in [0.25, 0.3) is 5.56 Å². The highest BCUT2D eigenvalue weighted by molar-refractivity contribution is 7.85. The van der Waals surface area contributed by atoms with E-state index < -0.39 is 15.7 Å². The summed E-state index contributed by atoms with van der Waals surface area (Å²) in [5, 5.41) is 1.41. The first-order chi connectivity index (χ1) is 10.2. The van der Waals surface area contributed by atoms with Gasteiger partial charge < -0.3 is 4.98 Å². The highest BCUT2D eigenvalue weighted by atomic mass is 35.5. The van der Waals surface area contributed by atoms with Gasteiger partial charge in [0.2, 0.25) is 0 Å². The molecule has 0 unspecified atom stereocenters. The summed E-state index contributed by atoms with van der Waals surface area (Å²) in [7, 11) is -1.40. The molecule has 1 heterocycles. The standard InChI is InChI=1S/C16H19ClN2O2S/c1-5-16(3,4)22(21)19-10(2)13-9-11-8-12(17)6-7-14(11)18-15(13)20/h6-9H,5H2,1-4H3,(H,18,20)/t22-/m1/s1. The zero-order chi connectivity index (χ0) is 16.5. The molecule has 0 amide bonds. The van der Waals surface area contributed by atoms with Crippen LogP contribution in [0.2, 0.25) is 5.02 Å². The molecule has 0 spiro atoms. The van der Waals surface area contributed by atoms with Gasteiger partial charge >= 0.3 is 0 Å². The van der Waals surface area contributed by atoms with Crippen molar-refractivity contribution in [2.45, 2.75) is 38.9 Å². The molecule has 0 saturated carbocycles. The number of H-pyrrole nitrogens is 1. The number of rotatable bonds is 4. The summed E-state index contributed by atoms with van der Waals surface area (Å²) in [5.41, 5.74) is 1.33. The van der Waals surface area contributed by atoms with E-state index in [9.17, 15) is 9.00 Å². The van der Waals surface area contributed by atoms with Crippen LogP contribution in [0.1, 0.15) is 39.7 Å². The molecule has 1 aromatic carbocycles. The summed E-state index contributed by atoms with van der Waals surface area (Å²) in [6.45, 7) is 7.45. The van der Waals surface area contributed by atoms with Crippen LogP contribution in [0.3, 0.4) is 0 Å². The van der Waals surface area contributed by atoms with Crippen molar-refractivity contribution < 1.29 is 4.21 Å². The van der Waals surface area contributed by atoms with E-state index in [-0.39, 0.29) is 5.56 Å². The van der Waals surface area contributed by atoms with Gasteiger partial charge in [-0.15, -0.1) is 0 Å². The molecular formula is C16H19ClN2O2S. The number of aromatic amines is 1. The Morgan fingerprint density at radius 2 is 2.05 bits per heavy atom. The lowest BCUT2D eigenvalue weighted by Crippen LogP contribution is -2.25. The Labute approximate surface area is 137 Å². The quantitative estimate of drug-likeness (QED) is 0.861. The predicted molar refractivity (Wildman–Crippen MR) is 94.3 cm³/mol. The van der Waals surface area contributed by atoms with Crippen LogP contribution in [0, 0.1) is 0 Å². The summed E-state index contributed by atoms with van der Waals surface area (Å²) in [4.78, 5) is 15.0. The molecular weight excluding hydrogens is 320 g/mol. The third-order valence-corrected chi connectivity index (χ3v) is 5.65. The molecule has 0 fully saturated rings. The van der Waals surface area contributed by atoms with Crippen LogP contribution in [0.4, 0.5) is 0 Å². The topological polar surface area (TPSA) is 62.3 Å². The van der Waals surface area contributed by atoms with Crippen LogP contribution in [0.5, 0.6) is 0 Å². The highest BCUT2D eigenvalue weighted by Gasteiger charge is 2.24. The van der Waals surface area contributed by atoms with E-state index in [4.69, 9.17) is 11.6 Å². The lowest BCUT2D eigenvalue weighted by Gasteiger charge is -2.18. The average molecular weight is 339 g/mol. The van der Waals surface area contributed by atoms with E-state index in [1.165, 1.54) is 0 Å². The zero-order valence-electron chi connectivity index (χ0n) is 13.1. The molecule has 6 heteroatoms. The van der Waals surface area contributed by atoms with Crippen LogP contribution in [0.25, 0.3) is 10.9 Å². The SMILES string of the molecule is CCC(C)(C)[S@@](=O)N=C(C)c1cc2cc(Cl)ccc2[nH]c1=O. The van der Waals surface area contributed by atoms with Gasteiger partial charge in [-0.25, -0.2) is 4.21 Å². The Kier molecular flexibility index (Phi) is 4.87. The van der Waals surface area contributed by atoms with Crippen LogP contribution in [0.15, 0.2) is 33.5 Å². The number of hydrogen-bond acceptors (Lipinski definition) is 2. The Bertz CT molecular complexity index is 824. The van der Waals surface area contributed by atoms with Gasteiger partial charge in [-0.05, 0) is 51.5 Å². The first-order valence-corrected chi connectivity index (χ1v) is 8.53. The average Bonchev–Trinajstić information content (AvgIpc) is 2.46. The molecule has 0 aliphatic rings. The van der Waals surface area contributed by atoms with Gasteiger partial charge in [0.15, 0.2) is 0 Å². The molecule has 1 N–H and O–H groups in total. The van der Waals surface area contributed by atoms with Crippen LogP contribution >= 0.6 is 11.6 Å². The van der Waals surface area contributed by atoms with Crippen LogP contribution in [-0.2, 0) is 11.0 Å². The molecule has 4 nitrogen and oxygen atoms in total. The van der Waals surface area contributed by atoms with Gasteiger partial charge in [0.1, 0.15) is 11.0 Å². The van der Waals surface area contributed by atoms with Crippen molar-refractivity contribution in [2.24, 2.45) is 4.40 Å². The summed E-state index contributed by atoms with van der Waals surface area (Å²) in [6.07, 6.45) is 0.736. The smallest absolute Gasteiger partial charge is 0.257 e. The van der Waals surface area contributed by atoms with E-state index in [0.29, 0.717) is 21.8 Å². The first-order valence-electron chi connectivity index (χ1n) is 7.05. The molecule has 0 aliphatic carbocycles. The molecule has 0 saturated heterocycles. The van der Waals surface area contributed by atoms with Gasteiger partial charge in [-0.2, -0.15) is 4.40 Å². The number of nitrogens with zero attached hydrogens (tertiary/aromatic N) is 1. The Morgan fingerprint density at radius 3 is 2.68 bits per heavy atom. The van der Waals surface area contributed by atoms with E-state index in [1.54, 1.807) is 31.2 Å². The maximum absolute atomic E-state index is 12.3. The number of halogens is 1. The summed E-state index contributed by atoms with van der Waals surface area (Å²) >= 11 is 5.98. The second-order valence-corrected chi connectivity index (χ2v) is 8.01. The minimum Gasteiger partial charge on any atom is -0.321 e. The van der Waals surface area contributed by atoms with Gasteiger partial charge in [-0.1, -0.05) is 18.5 Å². The molecule has 0 radical (unpaired) electrons. The number of hydrogen-bond donors (Lipinski definition) is 1. The third kappa shape index (κ3) is 3.47. The van der Waals surface area contributed by atoms with Crippen molar-refractivity contribution in [3.05, 3.63) is 45.2 Å². The van der Waals surface area contributed by atoms with Crippen molar-refractivity contribution >= 4 is 39.2 Å². The Balaban J connectivity index is 2.52. The summed E-state index contributed by atoms with van der Waals surface area (Å²) in [5.74, 6) is 0. The largest absolute Gasteiger partial charge is 0.321 e. The normalized spacial score (nSPS) is 14.3. The molecule has 0 bridgehead atoms. The number of fused-ring (bicyclic) bond motifs is 1. The van der Waals surface area contributed by atoms with Gasteiger partial charge in [0.05, 0.1) is 16.0 Å². The monoisotopic (exact) mass is 338 g/mol. The fourth-order valence-corrected chi connectivity index (χ4v) is 2.89. The van der Waals surface area contributed by atoms with Crippen molar-refractivity contribution in [1.82, 2.24) is 4.98 Å². The number of aromatic nitrogens is 1. The first kappa shape index (κ1) is 16.9. The molecule has 0 aliphatic heterocycles. The molecule has 22 heavy (non-hydrogen) atoms. The Morgan fingerprint density at radius 1 is 1.36 bits per heavy atom. The van der Waals surface area contributed by atoms with E-state index in [2.05, 4.69) is 9.38 Å². The zero-order valence-corrected chi connectivity index (χ0v) is 14.6. The maximum Gasteiger partial charge on any atom is 0.257 e. The number of benzene rings is 1. The second-order valence-electron chi connectivity index (χ2n) is 5.78. The van der Waals surface area contributed by atoms with E-state index >= 15 is 0 Å². The van der Waals surface area contributed by atoms with Crippen molar-refractivity contribution in [3.63, 3.8) is 0 Å². The Hall–Kier alpha value is -1.46. The molecule has 118 valence electrons. The number of nitrogens with one attached hydrogen (secondary N) is 1. The van der Waals surface area contributed by atoms with Crippen molar-refractivity contribution in [3.8, 4) is 0 Å². The molecule has 2 aromatic rings. The van der Waals surface area contributed by atoms with Gasteiger partial charge in [0, 0.05) is 15.9 Å². The highest BCUT2D eigenvalue weighted by Crippen LogP contribution is 2.20. The lowest BCUT2D eigenvalue weighted by atomic mass is 10.1. The van der Waals surface area contributed by atoms with Crippen molar-refractivity contribution in [2.75, 3.05) is 0 Å². The molecule has 2 rings (SSSR count). The van der Waals surface area contributed by atoms with E-state index in [1.807, 2.05) is 20.8 Å². The lowest BCUT2D eigenvalue weighted by molar-refractivity contribution is 0.614. The van der Waals surface area contributed by atoms with Crippen molar-refractivity contribution in [1.29, 1.82) is 0 Å². The number of pyridine rings is 1. The molecule has 1 atom stereocenters. The summed E-state index contributed by atoms with van der Waals surface area (Å²) in [6, 6.07) is 6.98. The maximum atomic E-state index is 12.3. The van der Waals surface area contributed by atoms with E-state index in [0.717, 1.165) is 11.8 Å². The fraction of sp³-hybridized carbons (Fsp3) is 0.375.